The molecule has 0 spiro atoms. The standard InChI is InChI=1S/C16H22F3N3O3S/c1-10(15(23)21-12-8-6-11(20)7-9-12)22-26(24,25)14-5-3-2-4-13(14)16(17,18)19/h2-5,10-12,22H,6-9,20H2,1H3,(H,21,23). The third kappa shape index (κ3) is 5.18. The van der Waals surface area contributed by atoms with E-state index in [0.717, 1.165) is 25.0 Å². The minimum Gasteiger partial charge on any atom is -0.352 e. The van der Waals surface area contributed by atoms with Crippen LogP contribution in [0.2, 0.25) is 0 Å². The van der Waals surface area contributed by atoms with Gasteiger partial charge in [0.25, 0.3) is 0 Å². The van der Waals surface area contributed by atoms with Crippen molar-refractivity contribution in [3.63, 3.8) is 0 Å². The lowest BCUT2D eigenvalue weighted by Crippen LogP contribution is -2.49. The summed E-state index contributed by atoms with van der Waals surface area (Å²) in [7, 11) is -4.52. The molecule has 0 heterocycles. The van der Waals surface area contributed by atoms with Crippen LogP contribution in [0.5, 0.6) is 0 Å². The van der Waals surface area contributed by atoms with E-state index in [1.165, 1.54) is 13.0 Å². The highest BCUT2D eigenvalue weighted by molar-refractivity contribution is 7.89. The lowest BCUT2D eigenvalue weighted by atomic mass is 9.92. The molecule has 1 unspecified atom stereocenters. The van der Waals surface area contributed by atoms with Gasteiger partial charge >= 0.3 is 6.18 Å². The average molecular weight is 393 g/mol. The number of carbonyl (C=O) groups excluding carboxylic acids is 1. The maximum atomic E-state index is 13.0. The summed E-state index contributed by atoms with van der Waals surface area (Å²) >= 11 is 0. The van der Waals surface area contributed by atoms with Gasteiger partial charge in [-0.3, -0.25) is 4.79 Å². The minimum atomic E-state index is -4.82. The summed E-state index contributed by atoms with van der Waals surface area (Å²) in [4.78, 5) is 11.3. The molecule has 1 aromatic rings. The quantitative estimate of drug-likeness (QED) is 0.709. The second-order valence-electron chi connectivity index (χ2n) is 6.46. The summed E-state index contributed by atoms with van der Waals surface area (Å²) in [6.45, 7) is 1.29. The molecule has 1 saturated carbocycles. The number of halogens is 3. The smallest absolute Gasteiger partial charge is 0.352 e. The zero-order valence-electron chi connectivity index (χ0n) is 14.2. The van der Waals surface area contributed by atoms with Crippen LogP contribution in [0.15, 0.2) is 29.2 Å². The average Bonchev–Trinajstić information content (AvgIpc) is 2.55. The van der Waals surface area contributed by atoms with Gasteiger partial charge in [0.15, 0.2) is 0 Å². The zero-order chi connectivity index (χ0) is 19.5. The van der Waals surface area contributed by atoms with Gasteiger partial charge in [0.05, 0.1) is 16.5 Å². The molecule has 1 aromatic carbocycles. The van der Waals surface area contributed by atoms with E-state index in [0.29, 0.717) is 18.9 Å². The molecule has 1 aliphatic carbocycles. The van der Waals surface area contributed by atoms with E-state index in [1.807, 2.05) is 4.72 Å². The van der Waals surface area contributed by atoms with Crippen molar-refractivity contribution in [1.29, 1.82) is 0 Å². The Morgan fingerprint density at radius 2 is 1.77 bits per heavy atom. The van der Waals surface area contributed by atoms with Crippen molar-refractivity contribution in [3.05, 3.63) is 29.8 Å². The molecule has 10 heteroatoms. The first-order valence-electron chi connectivity index (χ1n) is 8.25. The van der Waals surface area contributed by atoms with E-state index < -0.39 is 38.6 Å². The third-order valence-corrected chi connectivity index (χ3v) is 5.92. The monoisotopic (exact) mass is 393 g/mol. The van der Waals surface area contributed by atoms with Crippen molar-refractivity contribution >= 4 is 15.9 Å². The maximum absolute atomic E-state index is 13.0. The van der Waals surface area contributed by atoms with Crippen molar-refractivity contribution in [3.8, 4) is 0 Å². The first kappa shape index (κ1) is 20.7. The molecule has 1 atom stereocenters. The summed E-state index contributed by atoms with van der Waals surface area (Å²) < 4.78 is 65.8. The number of hydrogen-bond donors (Lipinski definition) is 3. The van der Waals surface area contributed by atoms with Gasteiger partial charge in [-0.25, -0.2) is 8.42 Å². The Morgan fingerprint density at radius 1 is 1.19 bits per heavy atom. The number of carbonyl (C=O) groups is 1. The predicted molar refractivity (Wildman–Crippen MR) is 89.6 cm³/mol. The van der Waals surface area contributed by atoms with Gasteiger partial charge in [-0.05, 0) is 44.7 Å². The third-order valence-electron chi connectivity index (χ3n) is 4.33. The van der Waals surface area contributed by atoms with Gasteiger partial charge in [-0.1, -0.05) is 12.1 Å². The van der Waals surface area contributed by atoms with Gasteiger partial charge in [0.1, 0.15) is 0 Å². The number of hydrogen-bond acceptors (Lipinski definition) is 4. The summed E-state index contributed by atoms with van der Waals surface area (Å²) in [5.74, 6) is -0.585. The van der Waals surface area contributed by atoms with Crippen molar-refractivity contribution in [2.45, 2.75) is 61.8 Å². The van der Waals surface area contributed by atoms with Crippen LogP contribution >= 0.6 is 0 Å². The molecule has 4 N–H and O–H groups in total. The van der Waals surface area contributed by atoms with E-state index in [2.05, 4.69) is 5.32 Å². The lowest BCUT2D eigenvalue weighted by Gasteiger charge is -2.28. The van der Waals surface area contributed by atoms with E-state index in [-0.39, 0.29) is 12.1 Å². The molecule has 1 fully saturated rings. The lowest BCUT2D eigenvalue weighted by molar-refractivity contribution is -0.139. The Labute approximate surface area is 150 Å². The number of sulfonamides is 1. The molecule has 26 heavy (non-hydrogen) atoms. The Balaban J connectivity index is 2.08. The molecule has 6 nitrogen and oxygen atoms in total. The fraction of sp³-hybridized carbons (Fsp3) is 0.562. The van der Waals surface area contributed by atoms with Crippen LogP contribution in [0.4, 0.5) is 13.2 Å². The number of amides is 1. The Hall–Kier alpha value is -1.65. The first-order chi connectivity index (χ1) is 12.0. The predicted octanol–water partition coefficient (Wildman–Crippen LogP) is 1.76. The summed E-state index contributed by atoms with van der Waals surface area (Å²) in [6.07, 6.45) is -1.95. The number of benzene rings is 1. The van der Waals surface area contributed by atoms with Gasteiger partial charge in [-0.15, -0.1) is 0 Å². The van der Waals surface area contributed by atoms with E-state index >= 15 is 0 Å². The molecule has 0 aromatic heterocycles. The van der Waals surface area contributed by atoms with Crippen molar-refractivity contribution < 1.29 is 26.4 Å². The summed E-state index contributed by atoms with van der Waals surface area (Å²) in [5.41, 5.74) is 4.51. The topological polar surface area (TPSA) is 101 Å². The van der Waals surface area contributed by atoms with Gasteiger partial charge < -0.3 is 11.1 Å². The largest absolute Gasteiger partial charge is 0.417 e. The molecule has 1 aliphatic rings. The molecular formula is C16H22F3N3O3S. The second kappa shape index (κ2) is 7.93. The van der Waals surface area contributed by atoms with Gasteiger partial charge in [0.2, 0.25) is 15.9 Å². The molecule has 0 bridgehead atoms. The van der Waals surface area contributed by atoms with Crippen molar-refractivity contribution in [2.75, 3.05) is 0 Å². The van der Waals surface area contributed by atoms with Gasteiger partial charge in [-0.2, -0.15) is 17.9 Å². The summed E-state index contributed by atoms with van der Waals surface area (Å²) in [5, 5.41) is 2.71. The number of nitrogens with one attached hydrogen (secondary N) is 2. The molecule has 146 valence electrons. The van der Waals surface area contributed by atoms with Crippen LogP contribution in [0.25, 0.3) is 0 Å². The van der Waals surface area contributed by atoms with Crippen LogP contribution in [0.3, 0.4) is 0 Å². The fourth-order valence-electron chi connectivity index (χ4n) is 2.87. The highest BCUT2D eigenvalue weighted by Gasteiger charge is 2.37. The van der Waals surface area contributed by atoms with Crippen molar-refractivity contribution in [1.82, 2.24) is 10.0 Å². The van der Waals surface area contributed by atoms with Crippen LogP contribution in [0, 0.1) is 0 Å². The van der Waals surface area contributed by atoms with Crippen LogP contribution < -0.4 is 15.8 Å². The van der Waals surface area contributed by atoms with E-state index in [9.17, 15) is 26.4 Å². The summed E-state index contributed by atoms with van der Waals surface area (Å²) in [6, 6.07) is 2.61. The van der Waals surface area contributed by atoms with Crippen LogP contribution in [-0.4, -0.2) is 32.5 Å². The first-order valence-corrected chi connectivity index (χ1v) is 9.73. The van der Waals surface area contributed by atoms with Crippen molar-refractivity contribution in [2.24, 2.45) is 5.73 Å². The fourth-order valence-corrected chi connectivity index (χ4v) is 4.31. The highest BCUT2D eigenvalue weighted by Crippen LogP contribution is 2.33. The highest BCUT2D eigenvalue weighted by atomic mass is 32.2. The Kier molecular flexibility index (Phi) is 6.30. The molecule has 1 amide bonds. The normalized spacial score (nSPS) is 22.7. The second-order valence-corrected chi connectivity index (χ2v) is 8.14. The Morgan fingerprint density at radius 3 is 2.35 bits per heavy atom. The van der Waals surface area contributed by atoms with Crippen LogP contribution in [0.1, 0.15) is 38.2 Å². The molecular weight excluding hydrogens is 371 g/mol. The molecule has 0 saturated heterocycles. The Bertz CT molecular complexity index is 745. The van der Waals surface area contributed by atoms with E-state index in [1.54, 1.807) is 0 Å². The molecule has 0 aliphatic heterocycles. The zero-order valence-corrected chi connectivity index (χ0v) is 15.0. The minimum absolute atomic E-state index is 0.0953. The molecule has 2 rings (SSSR count). The number of alkyl halides is 3. The maximum Gasteiger partial charge on any atom is 0.417 e. The van der Waals surface area contributed by atoms with Crippen LogP contribution in [-0.2, 0) is 21.0 Å². The van der Waals surface area contributed by atoms with Gasteiger partial charge in [0, 0.05) is 12.1 Å². The number of nitrogens with two attached hydrogens (primary N) is 1. The number of rotatable bonds is 5. The van der Waals surface area contributed by atoms with E-state index in [4.69, 9.17) is 5.73 Å². The SMILES string of the molecule is CC(NS(=O)(=O)c1ccccc1C(F)(F)F)C(=O)NC1CCC(N)CC1. The molecule has 0 radical (unpaired) electrons.